The van der Waals surface area contributed by atoms with Gasteiger partial charge in [-0.05, 0) is 42.8 Å². The molecule has 1 amide bonds. The Morgan fingerprint density at radius 2 is 2.00 bits per heavy atom. The summed E-state index contributed by atoms with van der Waals surface area (Å²) in [4.78, 5) is 16.3. The Morgan fingerprint density at radius 1 is 1.27 bits per heavy atom. The van der Waals surface area contributed by atoms with Gasteiger partial charge in [-0.15, -0.1) is 23.7 Å². The fourth-order valence-electron chi connectivity index (χ4n) is 2.53. The smallest absolute Gasteiger partial charge is 0.263 e. The van der Waals surface area contributed by atoms with E-state index in [2.05, 4.69) is 33.4 Å². The molecule has 2 heterocycles. The topological polar surface area (TPSA) is 32.3 Å². The maximum Gasteiger partial charge on any atom is 0.263 e. The lowest BCUT2D eigenvalue weighted by Crippen LogP contribution is -2.37. The average Bonchev–Trinajstić information content (AvgIpc) is 3.18. The number of thiophene rings is 1. The van der Waals surface area contributed by atoms with Gasteiger partial charge in [-0.25, -0.2) is 0 Å². The summed E-state index contributed by atoms with van der Waals surface area (Å²) in [6, 6.07) is 12.4. The Balaban J connectivity index is 0.00000176. The van der Waals surface area contributed by atoms with Crippen molar-refractivity contribution in [3.05, 3.63) is 45.7 Å². The minimum atomic E-state index is 0. The van der Waals surface area contributed by atoms with Crippen LogP contribution in [0, 0.1) is 0 Å². The number of nitrogens with one attached hydrogen (secondary N) is 1. The van der Waals surface area contributed by atoms with Crippen molar-refractivity contribution in [1.29, 1.82) is 0 Å². The maximum atomic E-state index is 12.5. The summed E-state index contributed by atoms with van der Waals surface area (Å²) in [6.45, 7) is 1.89. The maximum absolute atomic E-state index is 12.5. The largest absolute Gasteiger partial charge is 0.337 e. The molecule has 0 bridgehead atoms. The number of benzene rings is 1. The molecular formula is C16H18BrClN2OS. The lowest BCUT2D eigenvalue weighted by Gasteiger charge is -2.22. The molecule has 118 valence electrons. The molecule has 1 aliphatic rings. The zero-order valence-electron chi connectivity index (χ0n) is 12.2. The second-order valence-electron chi connectivity index (χ2n) is 5.23. The van der Waals surface area contributed by atoms with Gasteiger partial charge in [-0.2, -0.15) is 0 Å². The number of amides is 1. The Hall–Kier alpha value is -0.880. The van der Waals surface area contributed by atoms with Crippen LogP contribution in [0.15, 0.2) is 40.9 Å². The second kappa shape index (κ2) is 7.59. The summed E-state index contributed by atoms with van der Waals surface area (Å²) in [7, 11) is 1.90. The van der Waals surface area contributed by atoms with E-state index in [1.807, 2.05) is 36.2 Å². The van der Waals surface area contributed by atoms with Crippen LogP contribution in [0.2, 0.25) is 0 Å². The third-order valence-electron chi connectivity index (χ3n) is 3.85. The molecule has 22 heavy (non-hydrogen) atoms. The van der Waals surface area contributed by atoms with E-state index in [1.165, 1.54) is 0 Å². The van der Waals surface area contributed by atoms with E-state index < -0.39 is 0 Å². The van der Waals surface area contributed by atoms with Gasteiger partial charge in [-0.1, -0.05) is 28.1 Å². The Bertz CT molecular complexity index is 638. The van der Waals surface area contributed by atoms with Crippen LogP contribution >= 0.6 is 39.7 Å². The zero-order chi connectivity index (χ0) is 14.8. The summed E-state index contributed by atoms with van der Waals surface area (Å²) in [5.41, 5.74) is 1.15. The minimum absolute atomic E-state index is 0. The SMILES string of the molecule is CN(C(=O)c1ccc(-c2ccc(Br)cc2)s1)C1CCNC1.Cl. The first kappa shape index (κ1) is 17.5. The highest BCUT2D eigenvalue weighted by molar-refractivity contribution is 9.10. The van der Waals surface area contributed by atoms with Gasteiger partial charge >= 0.3 is 0 Å². The standard InChI is InChI=1S/C16H17BrN2OS.ClH/c1-19(13-8-9-18-10-13)16(20)15-7-6-14(21-15)11-2-4-12(17)5-3-11;/h2-7,13,18H,8-10H2,1H3;1H. The minimum Gasteiger partial charge on any atom is -0.337 e. The molecule has 1 fully saturated rings. The van der Waals surface area contributed by atoms with E-state index in [0.717, 1.165) is 39.3 Å². The van der Waals surface area contributed by atoms with Gasteiger partial charge in [0.25, 0.3) is 5.91 Å². The van der Waals surface area contributed by atoms with Crippen LogP contribution < -0.4 is 5.32 Å². The van der Waals surface area contributed by atoms with Crippen molar-refractivity contribution in [2.45, 2.75) is 12.5 Å². The number of hydrogen-bond donors (Lipinski definition) is 1. The molecule has 1 aromatic carbocycles. The van der Waals surface area contributed by atoms with Crippen molar-refractivity contribution < 1.29 is 4.79 Å². The number of rotatable bonds is 3. The Labute approximate surface area is 149 Å². The van der Waals surface area contributed by atoms with Crippen molar-refractivity contribution in [3.8, 4) is 10.4 Å². The van der Waals surface area contributed by atoms with E-state index in [4.69, 9.17) is 0 Å². The van der Waals surface area contributed by atoms with Crippen molar-refractivity contribution >= 4 is 45.6 Å². The average molecular weight is 402 g/mol. The monoisotopic (exact) mass is 400 g/mol. The van der Waals surface area contributed by atoms with Gasteiger partial charge < -0.3 is 10.2 Å². The van der Waals surface area contributed by atoms with Crippen LogP contribution in [0.4, 0.5) is 0 Å². The quantitative estimate of drug-likeness (QED) is 0.842. The summed E-state index contributed by atoms with van der Waals surface area (Å²) in [5.74, 6) is 0.122. The van der Waals surface area contributed by atoms with E-state index in [1.54, 1.807) is 11.3 Å². The van der Waals surface area contributed by atoms with Crippen molar-refractivity contribution in [1.82, 2.24) is 10.2 Å². The number of likely N-dealkylation sites (N-methyl/N-ethyl adjacent to an activating group) is 1. The van der Waals surface area contributed by atoms with Crippen molar-refractivity contribution in [2.24, 2.45) is 0 Å². The predicted molar refractivity (Wildman–Crippen MR) is 98.1 cm³/mol. The second-order valence-corrected chi connectivity index (χ2v) is 7.23. The van der Waals surface area contributed by atoms with Gasteiger partial charge in [0, 0.05) is 29.0 Å². The molecule has 0 saturated carbocycles. The number of hydrogen-bond acceptors (Lipinski definition) is 3. The van der Waals surface area contributed by atoms with Gasteiger partial charge in [0.1, 0.15) is 0 Å². The van der Waals surface area contributed by atoms with Crippen LogP contribution in [-0.2, 0) is 0 Å². The first-order chi connectivity index (χ1) is 10.1. The van der Waals surface area contributed by atoms with E-state index in [0.29, 0.717) is 6.04 Å². The van der Waals surface area contributed by atoms with Gasteiger partial charge in [0.05, 0.1) is 4.88 Å². The van der Waals surface area contributed by atoms with E-state index in [-0.39, 0.29) is 18.3 Å². The zero-order valence-corrected chi connectivity index (χ0v) is 15.4. The fourth-order valence-corrected chi connectivity index (χ4v) is 3.79. The molecule has 1 aromatic heterocycles. The molecule has 1 N–H and O–H groups in total. The molecule has 0 spiro atoms. The molecule has 1 aliphatic heterocycles. The highest BCUT2D eigenvalue weighted by Crippen LogP contribution is 2.30. The van der Waals surface area contributed by atoms with Crippen LogP contribution in [0.3, 0.4) is 0 Å². The van der Waals surface area contributed by atoms with Gasteiger partial charge in [0.2, 0.25) is 0 Å². The molecule has 3 rings (SSSR count). The van der Waals surface area contributed by atoms with Crippen LogP contribution in [0.25, 0.3) is 10.4 Å². The molecule has 0 aliphatic carbocycles. The van der Waals surface area contributed by atoms with E-state index in [9.17, 15) is 4.79 Å². The molecule has 2 aromatic rings. The molecule has 1 atom stereocenters. The third kappa shape index (κ3) is 3.71. The highest BCUT2D eigenvalue weighted by atomic mass is 79.9. The van der Waals surface area contributed by atoms with Crippen LogP contribution in [0.1, 0.15) is 16.1 Å². The Morgan fingerprint density at radius 3 is 2.64 bits per heavy atom. The number of carbonyl (C=O) groups is 1. The number of nitrogens with zero attached hydrogens (tertiary/aromatic N) is 1. The van der Waals surface area contributed by atoms with Gasteiger partial charge in [-0.3, -0.25) is 4.79 Å². The molecule has 1 saturated heterocycles. The summed E-state index contributed by atoms with van der Waals surface area (Å²) in [5, 5.41) is 3.30. The highest BCUT2D eigenvalue weighted by Gasteiger charge is 2.24. The fraction of sp³-hybridized carbons (Fsp3) is 0.312. The van der Waals surface area contributed by atoms with Crippen molar-refractivity contribution in [2.75, 3.05) is 20.1 Å². The normalized spacial score (nSPS) is 17.1. The number of carbonyl (C=O) groups excluding carboxylic acids is 1. The molecule has 0 radical (unpaired) electrons. The molecule has 6 heteroatoms. The summed E-state index contributed by atoms with van der Waals surface area (Å²) < 4.78 is 1.06. The molecule has 1 unspecified atom stereocenters. The molecular weight excluding hydrogens is 384 g/mol. The Kier molecular flexibility index (Phi) is 6.03. The lowest BCUT2D eigenvalue weighted by atomic mass is 10.2. The van der Waals surface area contributed by atoms with Gasteiger partial charge in [0.15, 0.2) is 0 Å². The predicted octanol–water partition coefficient (Wildman–Crippen LogP) is 4.03. The number of halogens is 2. The first-order valence-electron chi connectivity index (χ1n) is 6.99. The summed E-state index contributed by atoms with van der Waals surface area (Å²) in [6.07, 6.45) is 1.03. The first-order valence-corrected chi connectivity index (χ1v) is 8.60. The lowest BCUT2D eigenvalue weighted by molar-refractivity contribution is 0.0748. The van der Waals surface area contributed by atoms with Crippen LogP contribution in [0.5, 0.6) is 0 Å². The molecule has 3 nitrogen and oxygen atoms in total. The van der Waals surface area contributed by atoms with Crippen molar-refractivity contribution in [3.63, 3.8) is 0 Å². The third-order valence-corrected chi connectivity index (χ3v) is 5.50. The summed E-state index contributed by atoms with van der Waals surface area (Å²) >= 11 is 5.00. The van der Waals surface area contributed by atoms with Crippen LogP contribution in [-0.4, -0.2) is 37.0 Å². The van der Waals surface area contributed by atoms with E-state index >= 15 is 0 Å².